The maximum absolute atomic E-state index is 5.63. The Morgan fingerprint density at radius 1 is 0.923 bits per heavy atom. The summed E-state index contributed by atoms with van der Waals surface area (Å²) >= 11 is 0. The highest BCUT2D eigenvalue weighted by atomic mass is 16.5. The van der Waals surface area contributed by atoms with Gasteiger partial charge in [0.1, 0.15) is 11.5 Å². The third-order valence-electron chi connectivity index (χ3n) is 3.38. The molecule has 2 N–H and O–H groups in total. The molecule has 1 heterocycles. The van der Waals surface area contributed by atoms with Gasteiger partial charge in [-0.1, -0.05) is 6.07 Å². The average molecular weight is 351 g/mol. The number of aromatic nitrogens is 3. The maximum atomic E-state index is 5.63. The zero-order valence-corrected chi connectivity index (χ0v) is 14.9. The molecule has 0 aliphatic carbocycles. The standard InChI is InChI=1S/C19H21N5O2/c1-13(2)26-16-9-7-14(8-10-16)22-19-23-18(12-20-24-19)21-15-5-4-6-17(11-15)25-3/h4-13H,1-3H3,(H2,21,22,23,24). The third kappa shape index (κ3) is 4.83. The topological polar surface area (TPSA) is 81.2 Å². The first kappa shape index (κ1) is 17.5. The Bertz CT molecular complexity index is 853. The summed E-state index contributed by atoms with van der Waals surface area (Å²) < 4.78 is 10.9. The van der Waals surface area contributed by atoms with Crippen molar-refractivity contribution in [3.05, 3.63) is 54.7 Å². The SMILES string of the molecule is COc1cccc(Nc2cnnc(Nc3ccc(OC(C)C)cc3)n2)c1. The predicted molar refractivity (Wildman–Crippen MR) is 102 cm³/mol. The summed E-state index contributed by atoms with van der Waals surface area (Å²) in [6.45, 7) is 3.99. The molecule has 2 aromatic carbocycles. The van der Waals surface area contributed by atoms with Crippen LogP contribution in [0.5, 0.6) is 11.5 Å². The van der Waals surface area contributed by atoms with Crippen LogP contribution in [0.3, 0.4) is 0 Å². The number of nitrogens with zero attached hydrogens (tertiary/aromatic N) is 3. The minimum Gasteiger partial charge on any atom is -0.497 e. The second kappa shape index (κ2) is 8.15. The molecule has 0 unspecified atom stereocenters. The van der Waals surface area contributed by atoms with E-state index >= 15 is 0 Å². The van der Waals surface area contributed by atoms with Crippen molar-refractivity contribution in [2.75, 3.05) is 17.7 Å². The van der Waals surface area contributed by atoms with Crippen LogP contribution in [0.1, 0.15) is 13.8 Å². The van der Waals surface area contributed by atoms with E-state index in [-0.39, 0.29) is 6.10 Å². The van der Waals surface area contributed by atoms with Gasteiger partial charge in [-0.2, -0.15) is 10.1 Å². The van der Waals surface area contributed by atoms with Gasteiger partial charge in [0.25, 0.3) is 0 Å². The van der Waals surface area contributed by atoms with Gasteiger partial charge in [-0.25, -0.2) is 0 Å². The molecule has 3 rings (SSSR count). The normalized spacial score (nSPS) is 10.5. The lowest BCUT2D eigenvalue weighted by molar-refractivity contribution is 0.242. The van der Waals surface area contributed by atoms with Crippen molar-refractivity contribution in [1.29, 1.82) is 0 Å². The van der Waals surface area contributed by atoms with Crippen LogP contribution >= 0.6 is 0 Å². The molecule has 134 valence electrons. The Hall–Kier alpha value is -3.35. The summed E-state index contributed by atoms with van der Waals surface area (Å²) in [5.41, 5.74) is 1.70. The fourth-order valence-corrected chi connectivity index (χ4v) is 2.28. The molecule has 7 nitrogen and oxygen atoms in total. The molecule has 0 aliphatic rings. The number of methoxy groups -OCH3 is 1. The highest BCUT2D eigenvalue weighted by molar-refractivity contribution is 5.60. The monoisotopic (exact) mass is 351 g/mol. The van der Waals surface area contributed by atoms with Gasteiger partial charge in [0.15, 0.2) is 5.82 Å². The molecule has 0 radical (unpaired) electrons. The number of anilines is 4. The van der Waals surface area contributed by atoms with Crippen molar-refractivity contribution in [2.45, 2.75) is 20.0 Å². The Morgan fingerprint density at radius 3 is 2.46 bits per heavy atom. The third-order valence-corrected chi connectivity index (χ3v) is 3.38. The minimum absolute atomic E-state index is 0.140. The minimum atomic E-state index is 0.140. The summed E-state index contributed by atoms with van der Waals surface area (Å²) in [6.07, 6.45) is 1.70. The van der Waals surface area contributed by atoms with E-state index in [4.69, 9.17) is 9.47 Å². The molecular weight excluding hydrogens is 330 g/mol. The lowest BCUT2D eigenvalue weighted by Gasteiger charge is -2.11. The van der Waals surface area contributed by atoms with Crippen LogP contribution in [-0.4, -0.2) is 28.4 Å². The Morgan fingerprint density at radius 2 is 1.73 bits per heavy atom. The number of nitrogens with one attached hydrogen (secondary N) is 2. The van der Waals surface area contributed by atoms with Gasteiger partial charge in [0.05, 0.1) is 19.4 Å². The first-order valence-corrected chi connectivity index (χ1v) is 8.27. The van der Waals surface area contributed by atoms with Crippen LogP contribution < -0.4 is 20.1 Å². The molecular formula is C19H21N5O2. The fourth-order valence-electron chi connectivity index (χ4n) is 2.28. The molecule has 0 amide bonds. The first-order chi connectivity index (χ1) is 12.6. The summed E-state index contributed by atoms with van der Waals surface area (Å²) in [5, 5.41) is 14.3. The number of rotatable bonds is 7. The molecule has 0 atom stereocenters. The van der Waals surface area contributed by atoms with Crippen LogP contribution in [0, 0.1) is 0 Å². The molecule has 3 aromatic rings. The van der Waals surface area contributed by atoms with Gasteiger partial charge in [0.2, 0.25) is 5.95 Å². The maximum Gasteiger partial charge on any atom is 0.249 e. The van der Waals surface area contributed by atoms with Crippen molar-refractivity contribution < 1.29 is 9.47 Å². The number of benzene rings is 2. The van der Waals surface area contributed by atoms with E-state index < -0.39 is 0 Å². The van der Waals surface area contributed by atoms with Crippen molar-refractivity contribution in [3.8, 4) is 11.5 Å². The lowest BCUT2D eigenvalue weighted by atomic mass is 10.3. The first-order valence-electron chi connectivity index (χ1n) is 8.27. The van der Waals surface area contributed by atoms with Crippen LogP contribution in [0.4, 0.5) is 23.1 Å². The van der Waals surface area contributed by atoms with E-state index in [0.717, 1.165) is 22.9 Å². The number of hydrogen-bond acceptors (Lipinski definition) is 7. The summed E-state index contributed by atoms with van der Waals surface area (Å²) in [7, 11) is 1.63. The molecule has 0 aliphatic heterocycles. The molecule has 0 bridgehead atoms. The fraction of sp³-hybridized carbons (Fsp3) is 0.211. The number of ether oxygens (including phenoxy) is 2. The van der Waals surface area contributed by atoms with Gasteiger partial charge in [-0.3, -0.25) is 0 Å². The van der Waals surface area contributed by atoms with E-state index in [1.165, 1.54) is 0 Å². The van der Waals surface area contributed by atoms with Crippen LogP contribution in [-0.2, 0) is 0 Å². The van der Waals surface area contributed by atoms with Gasteiger partial charge < -0.3 is 20.1 Å². The van der Waals surface area contributed by atoms with Gasteiger partial charge in [-0.15, -0.1) is 5.10 Å². The molecule has 1 aromatic heterocycles. The van der Waals surface area contributed by atoms with Gasteiger partial charge in [-0.05, 0) is 50.2 Å². The molecule has 0 spiro atoms. The second-order valence-electron chi connectivity index (χ2n) is 5.84. The number of hydrogen-bond donors (Lipinski definition) is 2. The Labute approximate surface area is 152 Å². The molecule has 26 heavy (non-hydrogen) atoms. The van der Waals surface area contributed by atoms with Crippen LogP contribution in [0.15, 0.2) is 54.7 Å². The highest BCUT2D eigenvalue weighted by Crippen LogP contribution is 2.22. The Kier molecular flexibility index (Phi) is 5.48. The predicted octanol–water partition coefficient (Wildman–Crippen LogP) is 4.15. The van der Waals surface area contributed by atoms with Crippen LogP contribution in [0.2, 0.25) is 0 Å². The molecule has 7 heteroatoms. The summed E-state index contributed by atoms with van der Waals surface area (Å²) in [4.78, 5) is 4.42. The van der Waals surface area contributed by atoms with Crippen molar-refractivity contribution in [3.63, 3.8) is 0 Å². The highest BCUT2D eigenvalue weighted by Gasteiger charge is 2.04. The zero-order chi connectivity index (χ0) is 18.4. The molecule has 0 fully saturated rings. The van der Waals surface area contributed by atoms with Crippen molar-refractivity contribution >= 4 is 23.1 Å². The second-order valence-corrected chi connectivity index (χ2v) is 5.84. The lowest BCUT2D eigenvalue weighted by Crippen LogP contribution is -2.05. The van der Waals surface area contributed by atoms with Gasteiger partial charge >= 0.3 is 0 Å². The summed E-state index contributed by atoms with van der Waals surface area (Å²) in [5.74, 6) is 2.56. The van der Waals surface area contributed by atoms with Gasteiger partial charge in [0, 0.05) is 17.4 Å². The summed E-state index contributed by atoms with van der Waals surface area (Å²) in [6, 6.07) is 15.2. The van der Waals surface area contributed by atoms with E-state index in [2.05, 4.69) is 25.8 Å². The van der Waals surface area contributed by atoms with E-state index in [0.29, 0.717) is 11.8 Å². The Balaban J connectivity index is 1.69. The largest absolute Gasteiger partial charge is 0.497 e. The van der Waals surface area contributed by atoms with Crippen molar-refractivity contribution in [1.82, 2.24) is 15.2 Å². The van der Waals surface area contributed by atoms with E-state index in [9.17, 15) is 0 Å². The van der Waals surface area contributed by atoms with Crippen molar-refractivity contribution in [2.24, 2.45) is 0 Å². The van der Waals surface area contributed by atoms with E-state index in [1.807, 2.05) is 62.4 Å². The molecule has 0 saturated heterocycles. The average Bonchev–Trinajstić information content (AvgIpc) is 2.63. The van der Waals surface area contributed by atoms with E-state index in [1.54, 1.807) is 13.3 Å². The van der Waals surface area contributed by atoms with Crippen LogP contribution in [0.25, 0.3) is 0 Å². The smallest absolute Gasteiger partial charge is 0.249 e. The molecule has 0 saturated carbocycles. The zero-order valence-electron chi connectivity index (χ0n) is 14.9. The quantitative estimate of drug-likeness (QED) is 0.661.